The van der Waals surface area contributed by atoms with Crippen LogP contribution < -0.4 is 10.5 Å². The highest BCUT2D eigenvalue weighted by Gasteiger charge is 2.27. The summed E-state index contributed by atoms with van der Waals surface area (Å²) in [5.41, 5.74) is 5.51. The van der Waals surface area contributed by atoms with Crippen molar-refractivity contribution >= 4 is 18.4 Å². The second-order valence-corrected chi connectivity index (χ2v) is 4.92. The number of ether oxygens (including phenoxy) is 2. The number of hydrogen-bond acceptors (Lipinski definition) is 4. The van der Waals surface area contributed by atoms with Gasteiger partial charge in [0.15, 0.2) is 0 Å². The van der Waals surface area contributed by atoms with Crippen molar-refractivity contribution in [2.45, 2.75) is 39.0 Å². The molecule has 2 N–H and O–H groups in total. The smallest absolute Gasteiger partial charge is 0.323 e. The van der Waals surface area contributed by atoms with Crippen LogP contribution in [0.1, 0.15) is 20.8 Å². The molecule has 0 radical (unpaired) electrons. The maximum Gasteiger partial charge on any atom is 0.323 e. The molecule has 0 amide bonds. The Hall–Kier alpha value is -1.52. The summed E-state index contributed by atoms with van der Waals surface area (Å²) in [7, 11) is 0. The van der Waals surface area contributed by atoms with Crippen LogP contribution in [-0.2, 0) is 9.53 Å². The van der Waals surface area contributed by atoms with Crippen LogP contribution in [0.5, 0.6) is 5.75 Å². The van der Waals surface area contributed by atoms with Gasteiger partial charge >= 0.3 is 5.97 Å². The summed E-state index contributed by atoms with van der Waals surface area (Å²) in [5, 5.41) is 0. The summed E-state index contributed by atoms with van der Waals surface area (Å²) in [4.78, 5) is 11.6. The molecular weight excluding hydrogens is 290 g/mol. The highest BCUT2D eigenvalue weighted by Crippen LogP contribution is 2.20. The van der Waals surface area contributed by atoms with E-state index in [0.29, 0.717) is 0 Å². The van der Waals surface area contributed by atoms with E-state index in [1.807, 2.05) is 37.3 Å². The first-order valence-electron chi connectivity index (χ1n) is 6.76. The zero-order chi connectivity index (χ0) is 15.1. The van der Waals surface area contributed by atoms with Crippen molar-refractivity contribution in [3.05, 3.63) is 43.0 Å². The molecule has 0 saturated heterocycles. The summed E-state index contributed by atoms with van der Waals surface area (Å²) >= 11 is 0. The Morgan fingerprint density at radius 3 is 2.29 bits per heavy atom. The third kappa shape index (κ3) is 6.19. The Labute approximate surface area is 132 Å². The van der Waals surface area contributed by atoms with Gasteiger partial charge < -0.3 is 15.2 Å². The van der Waals surface area contributed by atoms with Crippen molar-refractivity contribution in [3.8, 4) is 5.75 Å². The van der Waals surface area contributed by atoms with Crippen LogP contribution in [0.4, 0.5) is 0 Å². The van der Waals surface area contributed by atoms with E-state index < -0.39 is 18.1 Å². The molecule has 0 unspecified atom stereocenters. The van der Waals surface area contributed by atoms with Crippen LogP contribution in [0.15, 0.2) is 43.0 Å². The number of hydrogen-bond donors (Lipinski definition) is 1. The Morgan fingerprint density at radius 2 is 1.81 bits per heavy atom. The molecule has 4 atom stereocenters. The number of nitrogens with two attached hydrogens (primary N) is 1. The number of carbonyl (C=O) groups is 1. The van der Waals surface area contributed by atoms with Crippen LogP contribution in [0.25, 0.3) is 0 Å². The minimum Gasteiger partial charge on any atom is -0.486 e. The molecule has 0 spiro atoms. The molecule has 0 heterocycles. The molecule has 0 aliphatic heterocycles. The molecule has 0 aliphatic carbocycles. The highest BCUT2D eigenvalue weighted by atomic mass is 35.5. The average molecular weight is 314 g/mol. The van der Waals surface area contributed by atoms with Crippen molar-refractivity contribution < 1.29 is 14.3 Å². The van der Waals surface area contributed by atoms with Crippen molar-refractivity contribution in [2.24, 2.45) is 11.7 Å². The largest absolute Gasteiger partial charge is 0.486 e. The van der Waals surface area contributed by atoms with E-state index in [9.17, 15) is 4.79 Å². The van der Waals surface area contributed by atoms with E-state index >= 15 is 0 Å². The van der Waals surface area contributed by atoms with Crippen molar-refractivity contribution in [1.82, 2.24) is 0 Å². The predicted octanol–water partition coefficient (Wildman–Crippen LogP) is 2.96. The Morgan fingerprint density at radius 1 is 1.24 bits per heavy atom. The molecule has 5 heteroatoms. The fourth-order valence-corrected chi connectivity index (χ4v) is 1.78. The number of rotatable bonds is 7. The lowest BCUT2D eigenvalue weighted by Gasteiger charge is -2.29. The summed E-state index contributed by atoms with van der Waals surface area (Å²) < 4.78 is 11.3. The van der Waals surface area contributed by atoms with E-state index in [1.165, 1.54) is 0 Å². The quantitative estimate of drug-likeness (QED) is 0.621. The zero-order valence-electron chi connectivity index (χ0n) is 12.7. The van der Waals surface area contributed by atoms with Crippen LogP contribution >= 0.6 is 12.4 Å². The minimum absolute atomic E-state index is 0. The second-order valence-electron chi connectivity index (χ2n) is 4.92. The summed E-state index contributed by atoms with van der Waals surface area (Å²) in [6.07, 6.45) is 1.06. The maximum absolute atomic E-state index is 11.6. The van der Waals surface area contributed by atoms with Gasteiger partial charge in [-0.1, -0.05) is 31.2 Å². The van der Waals surface area contributed by atoms with E-state index in [-0.39, 0.29) is 24.4 Å². The number of para-hydroxylation sites is 1. The van der Waals surface area contributed by atoms with Crippen LogP contribution in [-0.4, -0.2) is 24.2 Å². The topological polar surface area (TPSA) is 61.5 Å². The molecule has 1 aromatic rings. The van der Waals surface area contributed by atoms with Crippen molar-refractivity contribution in [3.63, 3.8) is 0 Å². The van der Waals surface area contributed by atoms with Gasteiger partial charge in [-0.25, -0.2) is 0 Å². The molecule has 0 fully saturated rings. The highest BCUT2D eigenvalue weighted by molar-refractivity contribution is 5.85. The third-order valence-corrected chi connectivity index (χ3v) is 3.04. The van der Waals surface area contributed by atoms with E-state index in [0.717, 1.165) is 5.75 Å². The van der Waals surface area contributed by atoms with Crippen molar-refractivity contribution in [1.29, 1.82) is 0 Å². The first kappa shape index (κ1) is 19.5. The fourth-order valence-electron chi connectivity index (χ4n) is 1.78. The third-order valence-electron chi connectivity index (χ3n) is 3.04. The first-order valence-corrected chi connectivity index (χ1v) is 6.76. The van der Waals surface area contributed by atoms with Crippen LogP contribution in [0.2, 0.25) is 0 Å². The van der Waals surface area contributed by atoms with Gasteiger partial charge in [-0.05, 0) is 26.0 Å². The standard InChI is InChI=1S/C16H23NO3.ClH/c1-5-11(2)15(13(4)19-16(18)12(3)17)20-14-9-7-6-8-10-14;/h5-13,15H,1,17H2,2-4H3;1H/t11-,12-,13-,15+;/m0./s1. The van der Waals surface area contributed by atoms with Gasteiger partial charge in [0.25, 0.3) is 0 Å². The van der Waals surface area contributed by atoms with Crippen LogP contribution in [0, 0.1) is 5.92 Å². The number of esters is 1. The molecule has 0 saturated carbocycles. The molecule has 0 aliphatic rings. The normalized spacial score (nSPS) is 15.8. The Balaban J connectivity index is 0.00000400. The molecular formula is C16H24ClNO3. The summed E-state index contributed by atoms with van der Waals surface area (Å²) in [6.45, 7) is 9.14. The van der Waals surface area contributed by atoms with Gasteiger partial charge in [-0.15, -0.1) is 19.0 Å². The summed E-state index contributed by atoms with van der Waals surface area (Å²) in [6, 6.07) is 8.78. The lowest BCUT2D eigenvalue weighted by atomic mass is 10.0. The van der Waals surface area contributed by atoms with E-state index in [4.69, 9.17) is 15.2 Å². The van der Waals surface area contributed by atoms with Crippen molar-refractivity contribution in [2.75, 3.05) is 0 Å². The first-order chi connectivity index (χ1) is 9.45. The molecule has 21 heavy (non-hydrogen) atoms. The zero-order valence-corrected chi connectivity index (χ0v) is 13.5. The van der Waals surface area contributed by atoms with Gasteiger partial charge in [0, 0.05) is 5.92 Å². The SMILES string of the molecule is C=C[C@H](C)[C@@H](Oc1ccccc1)[C@H](C)OC(=O)[C@H](C)N.Cl. The second kappa shape index (κ2) is 9.42. The lowest BCUT2D eigenvalue weighted by molar-refractivity contribution is -0.154. The Bertz CT molecular complexity index is 436. The molecule has 1 aromatic carbocycles. The van der Waals surface area contributed by atoms with Gasteiger partial charge in [0.05, 0.1) is 0 Å². The predicted molar refractivity (Wildman–Crippen MR) is 86.7 cm³/mol. The molecule has 0 bridgehead atoms. The Kier molecular flexibility index (Phi) is 8.74. The van der Waals surface area contributed by atoms with Crippen LogP contribution in [0.3, 0.4) is 0 Å². The summed E-state index contributed by atoms with van der Waals surface area (Å²) in [5.74, 6) is 0.330. The average Bonchev–Trinajstić information content (AvgIpc) is 2.44. The van der Waals surface area contributed by atoms with E-state index in [2.05, 4.69) is 6.58 Å². The maximum atomic E-state index is 11.6. The molecule has 0 aromatic heterocycles. The number of benzene rings is 1. The van der Waals surface area contributed by atoms with Gasteiger partial charge in [-0.3, -0.25) is 4.79 Å². The van der Waals surface area contributed by atoms with E-state index in [1.54, 1.807) is 19.9 Å². The molecule has 4 nitrogen and oxygen atoms in total. The fraction of sp³-hybridized carbons (Fsp3) is 0.438. The number of carbonyl (C=O) groups excluding carboxylic acids is 1. The van der Waals surface area contributed by atoms with Gasteiger partial charge in [0.2, 0.25) is 0 Å². The van der Waals surface area contributed by atoms with Gasteiger partial charge in [0.1, 0.15) is 24.0 Å². The molecule has 118 valence electrons. The molecule has 1 rings (SSSR count). The monoisotopic (exact) mass is 313 g/mol. The lowest BCUT2D eigenvalue weighted by Crippen LogP contribution is -2.41. The number of halogens is 1. The van der Waals surface area contributed by atoms with Gasteiger partial charge in [-0.2, -0.15) is 0 Å². The minimum atomic E-state index is -0.645.